The molecule has 0 fully saturated rings. The number of aryl methyl sites for hydroxylation is 1. The molecule has 2 heterocycles. The summed E-state index contributed by atoms with van der Waals surface area (Å²) in [5, 5.41) is 5.01. The van der Waals surface area contributed by atoms with Gasteiger partial charge in [-0.1, -0.05) is 140 Å². The summed E-state index contributed by atoms with van der Waals surface area (Å²) < 4.78 is 4.84. The van der Waals surface area contributed by atoms with Crippen LogP contribution in [-0.4, -0.2) is 9.13 Å². The Bertz CT molecular complexity index is 3220. The second-order valence-electron chi connectivity index (χ2n) is 15.1. The number of hydrogen-bond donors (Lipinski definition) is 0. The molecule has 0 bridgehead atoms. The Labute approximate surface area is 332 Å². The van der Waals surface area contributed by atoms with Crippen LogP contribution in [0.4, 0.5) is 0 Å². The van der Waals surface area contributed by atoms with Crippen molar-refractivity contribution in [2.24, 2.45) is 0 Å². The van der Waals surface area contributed by atoms with Gasteiger partial charge in [0.1, 0.15) is 0 Å². The maximum Gasteiger partial charge on any atom is 0.0547 e. The zero-order valence-electron chi connectivity index (χ0n) is 31.6. The molecule has 0 atom stereocenters. The number of nitrogens with zero attached hydrogens (tertiary/aromatic N) is 2. The van der Waals surface area contributed by atoms with Crippen molar-refractivity contribution in [3.8, 4) is 55.9 Å². The van der Waals surface area contributed by atoms with Crippen LogP contribution < -0.4 is 0 Å². The first kappa shape index (κ1) is 33.0. The maximum absolute atomic E-state index is 2.46. The van der Waals surface area contributed by atoms with Crippen molar-refractivity contribution >= 4 is 43.6 Å². The molecule has 0 aliphatic rings. The third-order valence-corrected chi connectivity index (χ3v) is 11.5. The second-order valence-corrected chi connectivity index (χ2v) is 15.1. The Morgan fingerprint density at radius 2 is 0.702 bits per heavy atom. The molecule has 268 valence electrons. The largest absolute Gasteiger partial charge is 0.309 e. The van der Waals surface area contributed by atoms with Crippen molar-refractivity contribution in [1.82, 2.24) is 9.13 Å². The summed E-state index contributed by atoms with van der Waals surface area (Å²) in [5.74, 6) is 0. The van der Waals surface area contributed by atoms with Crippen molar-refractivity contribution in [2.45, 2.75) is 6.92 Å². The lowest BCUT2D eigenvalue weighted by Crippen LogP contribution is -1.96. The van der Waals surface area contributed by atoms with E-state index in [-0.39, 0.29) is 0 Å². The highest BCUT2D eigenvalue weighted by atomic mass is 15.0. The molecule has 11 aromatic rings. The molecule has 0 aliphatic heterocycles. The minimum absolute atomic E-state index is 1.15. The molecule has 0 unspecified atom stereocenters. The van der Waals surface area contributed by atoms with E-state index in [9.17, 15) is 0 Å². The smallest absolute Gasteiger partial charge is 0.0547 e. The lowest BCUT2D eigenvalue weighted by atomic mass is 9.92. The Morgan fingerprint density at radius 1 is 0.246 bits per heavy atom. The summed E-state index contributed by atoms with van der Waals surface area (Å²) >= 11 is 0. The number of aromatic nitrogens is 2. The number of para-hydroxylation sites is 3. The summed E-state index contributed by atoms with van der Waals surface area (Å²) in [7, 11) is 0. The highest BCUT2D eigenvalue weighted by Gasteiger charge is 2.17. The Balaban J connectivity index is 1.09. The van der Waals surface area contributed by atoms with E-state index in [1.54, 1.807) is 0 Å². The average molecular weight is 727 g/mol. The molecule has 0 N–H and O–H groups in total. The molecular formula is C55H38N2. The minimum atomic E-state index is 1.15. The Hall–Kier alpha value is -7.42. The lowest BCUT2D eigenvalue weighted by Gasteiger charge is -2.15. The molecule has 9 aromatic carbocycles. The predicted molar refractivity (Wildman–Crippen MR) is 242 cm³/mol. The molecular weight excluding hydrogens is 689 g/mol. The third kappa shape index (κ3) is 5.65. The molecule has 0 spiro atoms. The van der Waals surface area contributed by atoms with Crippen LogP contribution >= 0.6 is 0 Å². The van der Waals surface area contributed by atoms with E-state index in [1.165, 1.54) is 99.4 Å². The summed E-state index contributed by atoms with van der Waals surface area (Å²) in [4.78, 5) is 0. The molecule has 2 heteroatoms. The van der Waals surface area contributed by atoms with Gasteiger partial charge in [0, 0.05) is 32.9 Å². The maximum atomic E-state index is 2.46. The van der Waals surface area contributed by atoms with E-state index in [2.05, 4.69) is 228 Å². The van der Waals surface area contributed by atoms with Gasteiger partial charge in [0.25, 0.3) is 0 Å². The molecule has 57 heavy (non-hydrogen) atoms. The van der Waals surface area contributed by atoms with Crippen molar-refractivity contribution in [2.75, 3.05) is 0 Å². The zero-order chi connectivity index (χ0) is 37.9. The molecule has 0 saturated carbocycles. The van der Waals surface area contributed by atoms with Crippen molar-refractivity contribution in [1.29, 1.82) is 0 Å². The van der Waals surface area contributed by atoms with Gasteiger partial charge in [0.05, 0.1) is 22.1 Å². The van der Waals surface area contributed by atoms with Gasteiger partial charge < -0.3 is 9.13 Å². The van der Waals surface area contributed by atoms with Crippen LogP contribution in [0, 0.1) is 6.92 Å². The molecule has 0 radical (unpaired) electrons. The van der Waals surface area contributed by atoms with E-state index in [4.69, 9.17) is 0 Å². The second kappa shape index (κ2) is 13.4. The van der Waals surface area contributed by atoms with E-state index in [0.717, 1.165) is 5.69 Å². The van der Waals surface area contributed by atoms with E-state index >= 15 is 0 Å². The van der Waals surface area contributed by atoms with Gasteiger partial charge in [-0.2, -0.15) is 0 Å². The third-order valence-electron chi connectivity index (χ3n) is 11.5. The van der Waals surface area contributed by atoms with Crippen LogP contribution in [0.5, 0.6) is 0 Å². The summed E-state index contributed by atoms with van der Waals surface area (Å²) in [5.41, 5.74) is 18.0. The monoisotopic (exact) mass is 726 g/mol. The molecule has 2 aromatic heterocycles. The summed E-state index contributed by atoms with van der Waals surface area (Å²) in [6.07, 6.45) is 0. The Morgan fingerprint density at radius 3 is 1.35 bits per heavy atom. The summed E-state index contributed by atoms with van der Waals surface area (Å²) in [6, 6.07) is 77.6. The standard InChI is InChI=1S/C55H38N2/c1-37-29-42(45-32-43(38-15-5-2-6-16-38)31-44(33-45)39-17-7-3-8-18-39)34-47(30-37)57-52-23-13-11-21-48(52)50-27-25-41(36-55(50)57)40-26-28-54-51(35-40)49-22-12-14-24-53(49)56(54)46-19-9-4-10-20-46/h2-36H,1H3. The fraction of sp³-hybridized carbons (Fsp3) is 0.0182. The normalized spacial score (nSPS) is 11.6. The van der Waals surface area contributed by atoms with Gasteiger partial charge in [-0.3, -0.25) is 0 Å². The number of benzene rings is 9. The van der Waals surface area contributed by atoms with E-state index < -0.39 is 0 Å². The number of rotatable bonds is 6. The van der Waals surface area contributed by atoms with Gasteiger partial charge in [-0.05, 0) is 130 Å². The fourth-order valence-corrected chi connectivity index (χ4v) is 8.88. The van der Waals surface area contributed by atoms with Gasteiger partial charge in [-0.25, -0.2) is 0 Å². The van der Waals surface area contributed by atoms with Crippen LogP contribution in [0.2, 0.25) is 0 Å². The van der Waals surface area contributed by atoms with Crippen LogP contribution in [-0.2, 0) is 0 Å². The van der Waals surface area contributed by atoms with Crippen LogP contribution in [0.3, 0.4) is 0 Å². The van der Waals surface area contributed by atoms with Crippen LogP contribution in [0.25, 0.3) is 99.5 Å². The number of hydrogen-bond acceptors (Lipinski definition) is 0. The zero-order valence-corrected chi connectivity index (χ0v) is 31.6. The average Bonchev–Trinajstić information content (AvgIpc) is 3.79. The van der Waals surface area contributed by atoms with Crippen LogP contribution in [0.15, 0.2) is 212 Å². The first-order chi connectivity index (χ1) is 28.2. The lowest BCUT2D eigenvalue weighted by molar-refractivity contribution is 1.17. The predicted octanol–water partition coefficient (Wildman–Crippen LogP) is 14.9. The first-order valence-electron chi connectivity index (χ1n) is 19.7. The van der Waals surface area contributed by atoms with E-state index in [0.29, 0.717) is 0 Å². The fourth-order valence-electron chi connectivity index (χ4n) is 8.88. The highest BCUT2D eigenvalue weighted by molar-refractivity contribution is 6.12. The first-order valence-corrected chi connectivity index (χ1v) is 19.7. The Kier molecular flexibility index (Phi) is 7.75. The number of fused-ring (bicyclic) bond motifs is 6. The van der Waals surface area contributed by atoms with Gasteiger partial charge in [0.2, 0.25) is 0 Å². The van der Waals surface area contributed by atoms with Crippen molar-refractivity contribution in [3.63, 3.8) is 0 Å². The van der Waals surface area contributed by atoms with E-state index in [1.807, 2.05) is 0 Å². The molecule has 0 amide bonds. The topological polar surface area (TPSA) is 9.86 Å². The summed E-state index contributed by atoms with van der Waals surface area (Å²) in [6.45, 7) is 2.21. The van der Waals surface area contributed by atoms with Gasteiger partial charge in [-0.15, -0.1) is 0 Å². The van der Waals surface area contributed by atoms with Crippen LogP contribution in [0.1, 0.15) is 5.56 Å². The van der Waals surface area contributed by atoms with Gasteiger partial charge in [0.15, 0.2) is 0 Å². The molecule has 0 aliphatic carbocycles. The highest BCUT2D eigenvalue weighted by Crippen LogP contribution is 2.40. The minimum Gasteiger partial charge on any atom is -0.309 e. The van der Waals surface area contributed by atoms with Crippen molar-refractivity contribution < 1.29 is 0 Å². The molecule has 11 rings (SSSR count). The van der Waals surface area contributed by atoms with Gasteiger partial charge >= 0.3 is 0 Å². The molecule has 0 saturated heterocycles. The molecule has 2 nitrogen and oxygen atoms in total. The SMILES string of the molecule is Cc1cc(-c2cc(-c3ccccc3)cc(-c3ccccc3)c2)cc(-n2c3ccccc3c3ccc(-c4ccc5c(c4)c4ccccc4n5-c4ccccc4)cc32)c1. The quantitative estimate of drug-likeness (QED) is 0.161. The van der Waals surface area contributed by atoms with Crippen molar-refractivity contribution in [3.05, 3.63) is 218 Å².